The summed E-state index contributed by atoms with van der Waals surface area (Å²) in [6.45, 7) is 1.84. The Balaban J connectivity index is 2.30. The van der Waals surface area contributed by atoms with Crippen molar-refractivity contribution in [2.24, 2.45) is 0 Å². The van der Waals surface area contributed by atoms with Crippen molar-refractivity contribution < 1.29 is 9.90 Å². The molecule has 5 heteroatoms. The predicted octanol–water partition coefficient (Wildman–Crippen LogP) is 1.31. The second kappa shape index (κ2) is 3.68. The van der Waals surface area contributed by atoms with Gasteiger partial charge in [0.2, 0.25) is 5.78 Å². The molecule has 0 aromatic carbocycles. The monoisotopic (exact) mass is 205 g/mol. The van der Waals surface area contributed by atoms with Gasteiger partial charge in [0, 0.05) is 30.2 Å². The Labute approximate surface area is 86.4 Å². The molecule has 0 aliphatic heterocycles. The number of nitrogens with zero attached hydrogens (tertiary/aromatic N) is 3. The molecule has 0 aliphatic rings. The number of imidazole rings is 1. The van der Waals surface area contributed by atoms with Crippen molar-refractivity contribution in [2.75, 3.05) is 0 Å². The van der Waals surface area contributed by atoms with Crippen LogP contribution in [0.1, 0.15) is 25.0 Å². The molecule has 2 rings (SSSR count). The van der Waals surface area contributed by atoms with Gasteiger partial charge in [0.15, 0.2) is 0 Å². The molecule has 2 aromatic rings. The molecule has 2 aromatic heterocycles. The van der Waals surface area contributed by atoms with Crippen LogP contribution in [0.25, 0.3) is 5.78 Å². The van der Waals surface area contributed by atoms with Gasteiger partial charge in [-0.15, -0.1) is 0 Å². The zero-order chi connectivity index (χ0) is 10.8. The van der Waals surface area contributed by atoms with Crippen LogP contribution >= 0.6 is 0 Å². The number of carboxylic acid groups (broad SMARTS) is 1. The third-order valence-electron chi connectivity index (χ3n) is 2.27. The summed E-state index contributed by atoms with van der Waals surface area (Å²) in [5.74, 6) is -0.304. The van der Waals surface area contributed by atoms with Gasteiger partial charge in [-0.3, -0.25) is 9.20 Å². The van der Waals surface area contributed by atoms with E-state index in [0.717, 1.165) is 5.69 Å². The van der Waals surface area contributed by atoms with E-state index >= 15 is 0 Å². The Morgan fingerprint density at radius 3 is 3.13 bits per heavy atom. The van der Waals surface area contributed by atoms with Crippen molar-refractivity contribution in [3.05, 3.63) is 30.4 Å². The molecular weight excluding hydrogens is 194 g/mol. The second-order valence-electron chi connectivity index (χ2n) is 3.49. The summed E-state index contributed by atoms with van der Waals surface area (Å²) in [5.41, 5.74) is 0.760. The van der Waals surface area contributed by atoms with Crippen molar-refractivity contribution >= 4 is 11.7 Å². The third-order valence-corrected chi connectivity index (χ3v) is 2.27. The topological polar surface area (TPSA) is 67.5 Å². The van der Waals surface area contributed by atoms with Crippen LogP contribution in [-0.4, -0.2) is 25.4 Å². The Kier molecular flexibility index (Phi) is 2.37. The van der Waals surface area contributed by atoms with Crippen LogP contribution in [0.2, 0.25) is 0 Å². The van der Waals surface area contributed by atoms with Gasteiger partial charge in [-0.1, -0.05) is 6.92 Å². The highest BCUT2D eigenvalue weighted by Gasteiger charge is 2.12. The number of aromatic nitrogens is 3. The molecule has 0 radical (unpaired) electrons. The zero-order valence-corrected chi connectivity index (χ0v) is 8.29. The summed E-state index contributed by atoms with van der Waals surface area (Å²) in [7, 11) is 0. The molecule has 15 heavy (non-hydrogen) atoms. The number of aliphatic carboxylic acids is 1. The van der Waals surface area contributed by atoms with Crippen LogP contribution in [0, 0.1) is 0 Å². The molecule has 1 atom stereocenters. The van der Waals surface area contributed by atoms with Gasteiger partial charge < -0.3 is 5.11 Å². The van der Waals surface area contributed by atoms with Crippen LogP contribution in [-0.2, 0) is 4.79 Å². The Hall–Kier alpha value is -1.91. The Morgan fingerprint density at radius 1 is 1.60 bits per heavy atom. The third kappa shape index (κ3) is 1.96. The van der Waals surface area contributed by atoms with E-state index in [1.807, 2.05) is 19.2 Å². The summed E-state index contributed by atoms with van der Waals surface area (Å²) < 4.78 is 1.79. The predicted molar refractivity (Wildman–Crippen MR) is 53.7 cm³/mol. The fraction of sp³-hybridized carbons (Fsp3) is 0.300. The second-order valence-corrected chi connectivity index (χ2v) is 3.49. The lowest BCUT2D eigenvalue weighted by molar-refractivity contribution is -0.137. The van der Waals surface area contributed by atoms with Gasteiger partial charge in [0.25, 0.3) is 0 Å². The largest absolute Gasteiger partial charge is 0.481 e. The maximum atomic E-state index is 10.5. The van der Waals surface area contributed by atoms with Gasteiger partial charge in [0.05, 0.1) is 6.42 Å². The van der Waals surface area contributed by atoms with E-state index in [0.29, 0.717) is 5.78 Å². The quantitative estimate of drug-likeness (QED) is 0.820. The average molecular weight is 205 g/mol. The number of carboxylic acids is 1. The van der Waals surface area contributed by atoms with E-state index in [9.17, 15) is 4.79 Å². The lowest BCUT2D eigenvalue weighted by atomic mass is 10.0. The minimum absolute atomic E-state index is 0.0872. The van der Waals surface area contributed by atoms with E-state index in [2.05, 4.69) is 9.97 Å². The molecule has 0 fully saturated rings. The van der Waals surface area contributed by atoms with E-state index in [1.165, 1.54) is 0 Å². The molecule has 0 spiro atoms. The molecule has 0 saturated heterocycles. The van der Waals surface area contributed by atoms with Crippen molar-refractivity contribution in [3.63, 3.8) is 0 Å². The van der Waals surface area contributed by atoms with Gasteiger partial charge in [-0.2, -0.15) is 0 Å². The fourth-order valence-electron chi connectivity index (χ4n) is 1.46. The summed E-state index contributed by atoms with van der Waals surface area (Å²) in [4.78, 5) is 18.9. The molecule has 0 aliphatic carbocycles. The number of hydrogen-bond acceptors (Lipinski definition) is 3. The highest BCUT2D eigenvalue weighted by atomic mass is 16.4. The highest BCUT2D eigenvalue weighted by Crippen LogP contribution is 2.16. The van der Waals surface area contributed by atoms with Crippen molar-refractivity contribution in [1.29, 1.82) is 0 Å². The average Bonchev–Trinajstić information content (AvgIpc) is 2.62. The molecule has 78 valence electrons. The van der Waals surface area contributed by atoms with Crippen molar-refractivity contribution in [2.45, 2.75) is 19.3 Å². The maximum absolute atomic E-state index is 10.5. The number of rotatable bonds is 3. The number of carbonyl (C=O) groups is 1. The molecular formula is C10H11N3O2. The number of hydrogen-bond donors (Lipinski definition) is 1. The van der Waals surface area contributed by atoms with E-state index < -0.39 is 5.97 Å². The van der Waals surface area contributed by atoms with Gasteiger partial charge in [-0.25, -0.2) is 9.97 Å². The summed E-state index contributed by atoms with van der Waals surface area (Å²) in [6.07, 6.45) is 5.38. The van der Waals surface area contributed by atoms with Crippen molar-refractivity contribution in [3.8, 4) is 0 Å². The molecule has 1 unspecified atom stereocenters. The smallest absolute Gasteiger partial charge is 0.304 e. The van der Waals surface area contributed by atoms with E-state index in [1.54, 1.807) is 16.8 Å². The van der Waals surface area contributed by atoms with E-state index in [-0.39, 0.29) is 12.3 Å². The summed E-state index contributed by atoms with van der Waals surface area (Å²) >= 11 is 0. The first-order valence-corrected chi connectivity index (χ1v) is 4.68. The van der Waals surface area contributed by atoms with Crippen LogP contribution < -0.4 is 0 Å². The first-order valence-electron chi connectivity index (χ1n) is 4.68. The molecule has 1 N–H and O–H groups in total. The molecule has 0 bridgehead atoms. The lowest BCUT2D eigenvalue weighted by Crippen LogP contribution is -2.05. The fourth-order valence-corrected chi connectivity index (χ4v) is 1.46. The van der Waals surface area contributed by atoms with Gasteiger partial charge in [0.1, 0.15) is 0 Å². The van der Waals surface area contributed by atoms with E-state index in [4.69, 9.17) is 5.11 Å². The first-order chi connectivity index (χ1) is 7.16. The van der Waals surface area contributed by atoms with Crippen LogP contribution in [0.15, 0.2) is 24.7 Å². The minimum atomic E-state index is -0.812. The SMILES string of the molecule is CC(CC(=O)O)c1ccn2ccnc2n1. The van der Waals surface area contributed by atoms with Crippen LogP contribution in [0.3, 0.4) is 0 Å². The molecule has 5 nitrogen and oxygen atoms in total. The summed E-state index contributed by atoms with van der Waals surface area (Å²) in [5, 5.41) is 8.67. The summed E-state index contributed by atoms with van der Waals surface area (Å²) in [6, 6.07) is 1.82. The Bertz CT molecular complexity index is 492. The first kappa shape index (κ1) is 9.64. The molecule has 2 heterocycles. The number of fused-ring (bicyclic) bond motifs is 1. The standard InChI is InChI=1S/C10H11N3O2/c1-7(6-9(14)15)8-2-4-13-5-3-11-10(13)12-8/h2-5,7H,6H2,1H3,(H,14,15). The lowest BCUT2D eigenvalue weighted by Gasteiger charge is -2.07. The molecule has 0 amide bonds. The zero-order valence-electron chi connectivity index (χ0n) is 8.29. The maximum Gasteiger partial charge on any atom is 0.304 e. The van der Waals surface area contributed by atoms with Gasteiger partial charge in [-0.05, 0) is 6.07 Å². The van der Waals surface area contributed by atoms with Gasteiger partial charge >= 0.3 is 5.97 Å². The highest BCUT2D eigenvalue weighted by molar-refractivity contribution is 5.67. The Morgan fingerprint density at radius 2 is 2.40 bits per heavy atom. The van der Waals surface area contributed by atoms with Crippen molar-refractivity contribution in [1.82, 2.24) is 14.4 Å². The minimum Gasteiger partial charge on any atom is -0.481 e. The normalized spacial score (nSPS) is 12.9. The van der Waals surface area contributed by atoms with Crippen LogP contribution in [0.4, 0.5) is 0 Å². The van der Waals surface area contributed by atoms with Crippen LogP contribution in [0.5, 0.6) is 0 Å². The molecule has 0 saturated carbocycles.